The van der Waals surface area contributed by atoms with Crippen molar-refractivity contribution in [2.45, 2.75) is 33.1 Å². The molecule has 0 aromatic heterocycles. The van der Waals surface area contributed by atoms with Gasteiger partial charge in [0, 0.05) is 13.1 Å². The fraction of sp³-hybridized carbons (Fsp3) is 1.00. The summed E-state index contributed by atoms with van der Waals surface area (Å²) in [6.45, 7) is 8.75. The van der Waals surface area contributed by atoms with Crippen LogP contribution in [0, 0.1) is 17.8 Å². The van der Waals surface area contributed by atoms with E-state index in [9.17, 15) is 0 Å². The van der Waals surface area contributed by atoms with Gasteiger partial charge in [0.2, 0.25) is 0 Å². The van der Waals surface area contributed by atoms with Crippen molar-refractivity contribution in [3.05, 3.63) is 0 Å². The molecule has 1 heterocycles. The largest absolute Gasteiger partial charge is 0.303 e. The molecule has 0 radical (unpaired) electrons. The summed E-state index contributed by atoms with van der Waals surface area (Å²) in [6, 6.07) is 0. The minimum Gasteiger partial charge on any atom is -0.303 e. The summed E-state index contributed by atoms with van der Waals surface area (Å²) in [6.07, 6.45) is 4.54. The molecule has 0 amide bonds. The highest BCUT2D eigenvalue weighted by Gasteiger charge is 2.35. The average Bonchev–Trinajstić information content (AvgIpc) is 2.73. The van der Waals surface area contributed by atoms with E-state index in [0.717, 1.165) is 17.8 Å². The van der Waals surface area contributed by atoms with Crippen molar-refractivity contribution in [2.75, 3.05) is 19.6 Å². The highest BCUT2D eigenvalue weighted by atomic mass is 15.1. The van der Waals surface area contributed by atoms with E-state index in [1.165, 1.54) is 38.9 Å². The molecule has 0 aromatic rings. The molecule has 2 rings (SSSR count). The molecule has 0 bridgehead atoms. The predicted octanol–water partition coefficient (Wildman–Crippen LogP) is 2.37. The van der Waals surface area contributed by atoms with E-state index in [-0.39, 0.29) is 0 Å². The van der Waals surface area contributed by atoms with Crippen LogP contribution >= 0.6 is 0 Å². The molecule has 1 atom stereocenters. The van der Waals surface area contributed by atoms with E-state index in [0.29, 0.717) is 0 Å². The van der Waals surface area contributed by atoms with Crippen LogP contribution in [0.5, 0.6) is 0 Å². The molecule has 70 valence electrons. The standard InChI is InChI=1S/C11H21N/c1-9(2)7-12-6-5-11(8-12)10-3-4-10/h9-11H,3-8H2,1-2H3/t11-/m1/s1. The second-order valence-corrected chi connectivity index (χ2v) is 5.04. The molecule has 2 fully saturated rings. The first-order valence-corrected chi connectivity index (χ1v) is 5.48. The molecule has 2 aliphatic rings. The summed E-state index contributed by atoms with van der Waals surface area (Å²) in [5, 5.41) is 0. The summed E-state index contributed by atoms with van der Waals surface area (Å²) in [4.78, 5) is 2.66. The van der Waals surface area contributed by atoms with Gasteiger partial charge in [0.05, 0.1) is 0 Å². The SMILES string of the molecule is CC(C)CN1CC[C@@H](C2CC2)C1. The Morgan fingerprint density at radius 2 is 1.92 bits per heavy atom. The van der Waals surface area contributed by atoms with Crippen molar-refractivity contribution in [3.8, 4) is 0 Å². The van der Waals surface area contributed by atoms with Gasteiger partial charge >= 0.3 is 0 Å². The van der Waals surface area contributed by atoms with E-state index in [4.69, 9.17) is 0 Å². The zero-order valence-electron chi connectivity index (χ0n) is 8.42. The van der Waals surface area contributed by atoms with Gasteiger partial charge in [-0.05, 0) is 43.6 Å². The molecule has 0 N–H and O–H groups in total. The topological polar surface area (TPSA) is 3.24 Å². The second-order valence-electron chi connectivity index (χ2n) is 5.04. The Morgan fingerprint density at radius 1 is 1.17 bits per heavy atom. The summed E-state index contributed by atoms with van der Waals surface area (Å²) >= 11 is 0. The van der Waals surface area contributed by atoms with Crippen LogP contribution in [0.3, 0.4) is 0 Å². The monoisotopic (exact) mass is 167 g/mol. The van der Waals surface area contributed by atoms with Crippen molar-refractivity contribution in [2.24, 2.45) is 17.8 Å². The van der Waals surface area contributed by atoms with Crippen molar-refractivity contribution in [3.63, 3.8) is 0 Å². The smallest absolute Gasteiger partial charge is 0.00129 e. The zero-order valence-corrected chi connectivity index (χ0v) is 8.42. The summed E-state index contributed by atoms with van der Waals surface area (Å²) in [7, 11) is 0. The lowest BCUT2D eigenvalue weighted by Gasteiger charge is -2.17. The van der Waals surface area contributed by atoms with E-state index in [1.807, 2.05) is 0 Å². The Hall–Kier alpha value is -0.0400. The molecule has 1 aliphatic carbocycles. The van der Waals surface area contributed by atoms with E-state index < -0.39 is 0 Å². The van der Waals surface area contributed by atoms with Gasteiger partial charge in [-0.2, -0.15) is 0 Å². The van der Waals surface area contributed by atoms with Crippen LogP contribution in [0.4, 0.5) is 0 Å². The van der Waals surface area contributed by atoms with E-state index >= 15 is 0 Å². The first-order chi connectivity index (χ1) is 5.75. The Balaban J connectivity index is 1.73. The number of rotatable bonds is 3. The molecule has 12 heavy (non-hydrogen) atoms. The number of likely N-dealkylation sites (tertiary alicyclic amines) is 1. The van der Waals surface area contributed by atoms with E-state index in [1.54, 1.807) is 0 Å². The fourth-order valence-corrected chi connectivity index (χ4v) is 2.50. The maximum Gasteiger partial charge on any atom is 0.00129 e. The second kappa shape index (κ2) is 3.37. The minimum absolute atomic E-state index is 0.850. The van der Waals surface area contributed by atoms with Crippen LogP contribution in [0.2, 0.25) is 0 Å². The van der Waals surface area contributed by atoms with Gasteiger partial charge in [0.25, 0.3) is 0 Å². The van der Waals surface area contributed by atoms with Crippen molar-refractivity contribution < 1.29 is 0 Å². The molecule has 0 aromatic carbocycles. The Morgan fingerprint density at radius 3 is 2.50 bits per heavy atom. The fourth-order valence-electron chi connectivity index (χ4n) is 2.50. The lowest BCUT2D eigenvalue weighted by atomic mass is 10.0. The number of hydrogen-bond donors (Lipinski definition) is 0. The summed E-state index contributed by atoms with van der Waals surface area (Å²) in [5.74, 6) is 3.05. The van der Waals surface area contributed by atoms with Crippen molar-refractivity contribution in [1.82, 2.24) is 4.90 Å². The van der Waals surface area contributed by atoms with Crippen LogP contribution in [0.25, 0.3) is 0 Å². The predicted molar refractivity (Wildman–Crippen MR) is 52.1 cm³/mol. The molecule has 0 spiro atoms. The van der Waals surface area contributed by atoms with Crippen LogP contribution in [-0.4, -0.2) is 24.5 Å². The number of hydrogen-bond acceptors (Lipinski definition) is 1. The van der Waals surface area contributed by atoms with E-state index in [2.05, 4.69) is 18.7 Å². The molecule has 1 saturated heterocycles. The van der Waals surface area contributed by atoms with Gasteiger partial charge in [0.15, 0.2) is 0 Å². The summed E-state index contributed by atoms with van der Waals surface area (Å²) in [5.41, 5.74) is 0. The average molecular weight is 167 g/mol. The Labute approximate surface area is 76.1 Å². The lowest BCUT2D eigenvalue weighted by Crippen LogP contribution is -2.25. The highest BCUT2D eigenvalue weighted by Crippen LogP contribution is 2.41. The van der Waals surface area contributed by atoms with Crippen LogP contribution in [0.1, 0.15) is 33.1 Å². The lowest BCUT2D eigenvalue weighted by molar-refractivity contribution is 0.282. The third-order valence-corrected chi connectivity index (χ3v) is 3.22. The normalized spacial score (nSPS) is 31.8. The van der Waals surface area contributed by atoms with Gasteiger partial charge in [-0.15, -0.1) is 0 Å². The first kappa shape index (κ1) is 8.55. The quantitative estimate of drug-likeness (QED) is 0.624. The maximum absolute atomic E-state index is 2.66. The molecule has 1 heteroatoms. The summed E-state index contributed by atoms with van der Waals surface area (Å²) < 4.78 is 0. The molecular weight excluding hydrogens is 146 g/mol. The van der Waals surface area contributed by atoms with Gasteiger partial charge in [-0.1, -0.05) is 13.8 Å². The third kappa shape index (κ3) is 2.01. The number of nitrogens with zero attached hydrogens (tertiary/aromatic N) is 1. The first-order valence-electron chi connectivity index (χ1n) is 5.48. The molecule has 1 nitrogen and oxygen atoms in total. The maximum atomic E-state index is 2.66. The van der Waals surface area contributed by atoms with Gasteiger partial charge in [-0.25, -0.2) is 0 Å². The third-order valence-electron chi connectivity index (χ3n) is 3.22. The minimum atomic E-state index is 0.850. The van der Waals surface area contributed by atoms with Gasteiger partial charge < -0.3 is 4.90 Å². The molecular formula is C11H21N. The van der Waals surface area contributed by atoms with Gasteiger partial charge in [-0.3, -0.25) is 0 Å². The van der Waals surface area contributed by atoms with Crippen LogP contribution < -0.4 is 0 Å². The van der Waals surface area contributed by atoms with Crippen LogP contribution in [-0.2, 0) is 0 Å². The Kier molecular flexibility index (Phi) is 2.40. The zero-order chi connectivity index (χ0) is 8.55. The molecule has 1 saturated carbocycles. The van der Waals surface area contributed by atoms with Crippen LogP contribution in [0.15, 0.2) is 0 Å². The van der Waals surface area contributed by atoms with Crippen molar-refractivity contribution >= 4 is 0 Å². The van der Waals surface area contributed by atoms with Crippen molar-refractivity contribution in [1.29, 1.82) is 0 Å². The molecule has 0 unspecified atom stereocenters. The Bertz CT molecular complexity index is 149. The highest BCUT2D eigenvalue weighted by molar-refractivity contribution is 4.87. The molecule has 1 aliphatic heterocycles. The van der Waals surface area contributed by atoms with Gasteiger partial charge in [0.1, 0.15) is 0 Å².